The van der Waals surface area contributed by atoms with Gasteiger partial charge in [0, 0.05) is 0 Å². The Kier molecular flexibility index (Phi) is 4.05. The monoisotopic (exact) mass is 258 g/mol. The quantitative estimate of drug-likeness (QED) is 0.852. The molecule has 1 unspecified atom stereocenters. The van der Waals surface area contributed by atoms with E-state index < -0.39 is 0 Å². The van der Waals surface area contributed by atoms with Crippen molar-refractivity contribution >= 4 is 16.7 Å². The lowest BCUT2D eigenvalue weighted by Crippen LogP contribution is -2.13. The third-order valence-electron chi connectivity index (χ3n) is 3.28. The second-order valence-corrected chi connectivity index (χ2v) is 4.78. The summed E-state index contributed by atoms with van der Waals surface area (Å²) in [6.07, 6.45) is 0.788. The van der Waals surface area contributed by atoms with Crippen LogP contribution in [-0.2, 0) is 16.1 Å². The van der Waals surface area contributed by atoms with Gasteiger partial charge in [-0.15, -0.1) is 0 Å². The van der Waals surface area contributed by atoms with E-state index in [-0.39, 0.29) is 17.6 Å². The summed E-state index contributed by atoms with van der Waals surface area (Å²) in [6, 6.07) is 11.0. The van der Waals surface area contributed by atoms with E-state index >= 15 is 0 Å². The molecule has 2 aromatic carbocycles. The molecule has 0 saturated carbocycles. The molecule has 0 aromatic heterocycles. The molecule has 0 saturated heterocycles. The van der Waals surface area contributed by atoms with Crippen molar-refractivity contribution in [1.82, 2.24) is 0 Å². The number of carbonyl (C=O) groups excluding carboxylic acids is 1. The van der Waals surface area contributed by atoms with Crippen LogP contribution in [0.1, 0.15) is 25.8 Å². The Hall–Kier alpha value is -2.03. The number of aromatic hydroxyl groups is 1. The number of fused-ring (bicyclic) bond motifs is 1. The van der Waals surface area contributed by atoms with Crippen LogP contribution in [0.4, 0.5) is 0 Å². The molecule has 0 radical (unpaired) electrons. The van der Waals surface area contributed by atoms with Gasteiger partial charge in [0.15, 0.2) is 0 Å². The lowest BCUT2D eigenvalue weighted by molar-refractivity contribution is -0.149. The van der Waals surface area contributed by atoms with Gasteiger partial charge >= 0.3 is 5.97 Å². The summed E-state index contributed by atoms with van der Waals surface area (Å²) in [5.74, 6) is 0.0363. The van der Waals surface area contributed by atoms with Crippen LogP contribution in [0, 0.1) is 5.92 Å². The fourth-order valence-corrected chi connectivity index (χ4v) is 1.84. The van der Waals surface area contributed by atoms with Crippen LogP contribution in [0.5, 0.6) is 5.75 Å². The first kappa shape index (κ1) is 13.4. The van der Waals surface area contributed by atoms with Crippen LogP contribution < -0.4 is 0 Å². The van der Waals surface area contributed by atoms with Gasteiger partial charge in [0.2, 0.25) is 0 Å². The average molecular weight is 258 g/mol. The molecule has 0 bridgehead atoms. The number of rotatable bonds is 4. The highest BCUT2D eigenvalue weighted by Crippen LogP contribution is 2.21. The van der Waals surface area contributed by atoms with Crippen molar-refractivity contribution in [2.75, 3.05) is 0 Å². The molecule has 0 amide bonds. The Morgan fingerprint density at radius 2 is 1.89 bits per heavy atom. The summed E-state index contributed by atoms with van der Waals surface area (Å²) in [6.45, 7) is 4.12. The molecule has 3 nitrogen and oxygen atoms in total. The molecule has 19 heavy (non-hydrogen) atoms. The molecule has 3 heteroatoms. The van der Waals surface area contributed by atoms with Gasteiger partial charge in [-0.25, -0.2) is 0 Å². The Bertz CT molecular complexity index is 590. The minimum atomic E-state index is -0.159. The molecular formula is C16H18O3. The summed E-state index contributed by atoms with van der Waals surface area (Å²) in [7, 11) is 0. The number of hydrogen-bond donors (Lipinski definition) is 1. The lowest BCUT2D eigenvalue weighted by atomic mass is 10.1. The summed E-state index contributed by atoms with van der Waals surface area (Å²) in [5.41, 5.74) is 0.954. The van der Waals surface area contributed by atoms with Crippen LogP contribution >= 0.6 is 0 Å². The van der Waals surface area contributed by atoms with E-state index in [0.29, 0.717) is 6.61 Å². The summed E-state index contributed by atoms with van der Waals surface area (Å²) >= 11 is 0. The summed E-state index contributed by atoms with van der Waals surface area (Å²) in [4.78, 5) is 11.6. The van der Waals surface area contributed by atoms with Gasteiger partial charge in [0.05, 0.1) is 5.92 Å². The normalized spacial score (nSPS) is 12.3. The Balaban J connectivity index is 2.09. The van der Waals surface area contributed by atoms with E-state index in [2.05, 4.69) is 0 Å². The first-order chi connectivity index (χ1) is 9.10. The SMILES string of the molecule is CCC(C)C(=O)OCc1ccc2cc(O)ccc2c1. The number of carbonyl (C=O) groups is 1. The minimum Gasteiger partial charge on any atom is -0.508 e. The first-order valence-electron chi connectivity index (χ1n) is 6.48. The van der Waals surface area contributed by atoms with E-state index in [1.165, 1.54) is 0 Å². The average Bonchev–Trinajstić information content (AvgIpc) is 2.43. The predicted molar refractivity (Wildman–Crippen MR) is 74.9 cm³/mol. The maximum Gasteiger partial charge on any atom is 0.308 e. The lowest BCUT2D eigenvalue weighted by Gasteiger charge is -2.09. The number of ether oxygens (including phenoxy) is 1. The van der Waals surface area contributed by atoms with E-state index in [0.717, 1.165) is 22.8 Å². The van der Waals surface area contributed by atoms with Gasteiger partial charge < -0.3 is 9.84 Å². The number of esters is 1. The molecule has 0 aliphatic heterocycles. The molecule has 1 N–H and O–H groups in total. The minimum absolute atomic E-state index is 0.0580. The largest absolute Gasteiger partial charge is 0.508 e. The smallest absolute Gasteiger partial charge is 0.308 e. The van der Waals surface area contributed by atoms with E-state index in [4.69, 9.17) is 4.74 Å². The highest BCUT2D eigenvalue weighted by molar-refractivity contribution is 5.84. The van der Waals surface area contributed by atoms with Crippen molar-refractivity contribution < 1.29 is 14.6 Å². The van der Waals surface area contributed by atoms with Crippen molar-refractivity contribution in [3.05, 3.63) is 42.0 Å². The third kappa shape index (κ3) is 3.25. The fraction of sp³-hybridized carbons (Fsp3) is 0.312. The van der Waals surface area contributed by atoms with Crippen LogP contribution in [-0.4, -0.2) is 11.1 Å². The van der Waals surface area contributed by atoms with E-state index in [1.807, 2.05) is 38.1 Å². The van der Waals surface area contributed by atoms with Crippen molar-refractivity contribution in [3.63, 3.8) is 0 Å². The van der Waals surface area contributed by atoms with Crippen LogP contribution in [0.3, 0.4) is 0 Å². The second-order valence-electron chi connectivity index (χ2n) is 4.78. The molecule has 2 rings (SSSR count). The molecule has 0 fully saturated rings. The molecule has 100 valence electrons. The zero-order valence-corrected chi connectivity index (χ0v) is 11.2. The van der Waals surface area contributed by atoms with Gasteiger partial charge in [-0.2, -0.15) is 0 Å². The topological polar surface area (TPSA) is 46.5 Å². The molecule has 0 heterocycles. The van der Waals surface area contributed by atoms with Crippen LogP contribution in [0.25, 0.3) is 10.8 Å². The molecule has 2 aromatic rings. The zero-order chi connectivity index (χ0) is 13.8. The van der Waals surface area contributed by atoms with Gasteiger partial charge in [-0.3, -0.25) is 4.79 Å². The molecule has 1 atom stereocenters. The molecule has 0 spiro atoms. The third-order valence-corrected chi connectivity index (χ3v) is 3.28. The standard InChI is InChI=1S/C16H18O3/c1-3-11(2)16(18)19-10-12-4-5-14-9-15(17)7-6-13(14)8-12/h4-9,11,17H,3,10H2,1-2H3. The Labute approximate surface area is 112 Å². The number of hydrogen-bond acceptors (Lipinski definition) is 3. The van der Waals surface area contributed by atoms with E-state index in [1.54, 1.807) is 12.1 Å². The predicted octanol–water partition coefficient (Wildman–Crippen LogP) is 3.63. The van der Waals surface area contributed by atoms with Crippen molar-refractivity contribution in [1.29, 1.82) is 0 Å². The molecular weight excluding hydrogens is 240 g/mol. The second kappa shape index (κ2) is 5.74. The number of phenolic OH excluding ortho intramolecular Hbond substituents is 1. The Morgan fingerprint density at radius 3 is 2.63 bits per heavy atom. The number of phenols is 1. The van der Waals surface area contributed by atoms with Gasteiger partial charge in [0.25, 0.3) is 0 Å². The highest BCUT2D eigenvalue weighted by atomic mass is 16.5. The molecule has 0 aliphatic rings. The molecule has 0 aliphatic carbocycles. The van der Waals surface area contributed by atoms with Crippen molar-refractivity contribution in [2.45, 2.75) is 26.9 Å². The van der Waals surface area contributed by atoms with Crippen molar-refractivity contribution in [2.24, 2.45) is 5.92 Å². The Morgan fingerprint density at radius 1 is 1.21 bits per heavy atom. The summed E-state index contributed by atoms with van der Waals surface area (Å²) < 4.78 is 5.27. The zero-order valence-electron chi connectivity index (χ0n) is 11.2. The van der Waals surface area contributed by atoms with E-state index in [9.17, 15) is 9.90 Å². The fourth-order valence-electron chi connectivity index (χ4n) is 1.84. The summed E-state index contributed by atoms with van der Waals surface area (Å²) in [5, 5.41) is 11.4. The van der Waals surface area contributed by atoms with Gasteiger partial charge in [0.1, 0.15) is 12.4 Å². The maximum atomic E-state index is 11.6. The van der Waals surface area contributed by atoms with Gasteiger partial charge in [-0.1, -0.05) is 32.0 Å². The first-order valence-corrected chi connectivity index (χ1v) is 6.48. The van der Waals surface area contributed by atoms with Crippen molar-refractivity contribution in [3.8, 4) is 5.75 Å². The maximum absolute atomic E-state index is 11.6. The number of benzene rings is 2. The highest BCUT2D eigenvalue weighted by Gasteiger charge is 2.11. The van der Waals surface area contributed by atoms with Crippen LogP contribution in [0.15, 0.2) is 36.4 Å². The van der Waals surface area contributed by atoms with Gasteiger partial charge in [-0.05, 0) is 41.0 Å². The van der Waals surface area contributed by atoms with Crippen LogP contribution in [0.2, 0.25) is 0 Å².